The number of ether oxygens (including phenoxy) is 2. The molecule has 2 aliphatic rings. The Kier molecular flexibility index (Phi) is 3.99. The van der Waals surface area contributed by atoms with Gasteiger partial charge >= 0.3 is 0 Å². The van der Waals surface area contributed by atoms with Gasteiger partial charge in [-0.1, -0.05) is 0 Å². The number of nitrogens with one attached hydrogen (secondary N) is 2. The number of rotatable bonds is 5. The fourth-order valence-electron chi connectivity index (χ4n) is 3.95. The van der Waals surface area contributed by atoms with Crippen molar-refractivity contribution in [3.8, 4) is 0 Å². The number of aromatic amines is 1. The van der Waals surface area contributed by atoms with Gasteiger partial charge < -0.3 is 24.9 Å². The zero-order valence-electron chi connectivity index (χ0n) is 13.5. The number of fused-ring (bicyclic) bond motifs is 2. The second-order valence-corrected chi connectivity index (χ2v) is 6.48. The molecule has 1 aromatic heterocycles. The number of aromatic nitrogens is 2. The molecule has 2 heterocycles. The number of imidazole rings is 1. The second kappa shape index (κ2) is 6.16. The third-order valence-corrected chi connectivity index (χ3v) is 5.13. The first-order valence-electron chi connectivity index (χ1n) is 8.22. The van der Waals surface area contributed by atoms with Gasteiger partial charge in [-0.05, 0) is 24.6 Å². The van der Waals surface area contributed by atoms with Crippen LogP contribution in [0.1, 0.15) is 22.6 Å². The van der Waals surface area contributed by atoms with Crippen LogP contribution in [0.4, 0.5) is 0 Å². The molecule has 1 aliphatic heterocycles. The number of carbonyl (C=O) groups excluding carboxylic acids is 1. The average molecular weight is 331 g/mol. The summed E-state index contributed by atoms with van der Waals surface area (Å²) in [6.07, 6.45) is 1.19. The number of hydrogen-bond acceptors (Lipinski definition) is 5. The van der Waals surface area contributed by atoms with Crippen LogP contribution in [0.3, 0.4) is 0 Å². The lowest BCUT2D eigenvalue weighted by Gasteiger charge is -2.47. The Hall–Kier alpha value is -1.96. The number of amides is 1. The van der Waals surface area contributed by atoms with Crippen molar-refractivity contribution in [3.63, 3.8) is 0 Å². The van der Waals surface area contributed by atoms with E-state index in [4.69, 9.17) is 14.6 Å². The van der Waals surface area contributed by atoms with Gasteiger partial charge in [-0.2, -0.15) is 0 Å². The van der Waals surface area contributed by atoms with E-state index < -0.39 is 0 Å². The van der Waals surface area contributed by atoms with Gasteiger partial charge in [-0.15, -0.1) is 0 Å². The standard InChI is InChI=1S/C17H21N3O4/c1-23-8-11-15(10-4-5-24-16(10)11)20-17(22)9-2-3-12-13(6-9)19-14(7-21)18-12/h2-3,6,10-11,15-16,21H,4-5,7-8H2,1H3,(H,18,19)(H,20,22)/t10-,11+,15+,16-/m0/s1. The molecular weight excluding hydrogens is 310 g/mol. The molecule has 24 heavy (non-hydrogen) atoms. The number of carbonyl (C=O) groups is 1. The maximum atomic E-state index is 12.6. The van der Waals surface area contributed by atoms with Gasteiger partial charge in [0.15, 0.2) is 0 Å². The van der Waals surface area contributed by atoms with Crippen LogP contribution in [-0.2, 0) is 16.1 Å². The van der Waals surface area contributed by atoms with Crippen LogP contribution in [-0.4, -0.2) is 53.5 Å². The number of hydrogen-bond donors (Lipinski definition) is 3. The zero-order valence-corrected chi connectivity index (χ0v) is 13.5. The van der Waals surface area contributed by atoms with E-state index >= 15 is 0 Å². The van der Waals surface area contributed by atoms with Gasteiger partial charge in [0.2, 0.25) is 0 Å². The largest absolute Gasteiger partial charge is 0.388 e. The van der Waals surface area contributed by atoms with E-state index in [0.717, 1.165) is 24.1 Å². The van der Waals surface area contributed by atoms with E-state index in [0.29, 0.717) is 23.9 Å². The van der Waals surface area contributed by atoms with Crippen molar-refractivity contribution in [2.24, 2.45) is 11.8 Å². The van der Waals surface area contributed by atoms with Crippen LogP contribution in [0.15, 0.2) is 18.2 Å². The molecule has 0 unspecified atom stereocenters. The second-order valence-electron chi connectivity index (χ2n) is 6.48. The van der Waals surface area contributed by atoms with Gasteiger partial charge in [-0.25, -0.2) is 4.98 Å². The number of benzene rings is 1. The molecule has 1 aromatic carbocycles. The summed E-state index contributed by atoms with van der Waals surface area (Å²) in [4.78, 5) is 19.9. The van der Waals surface area contributed by atoms with E-state index in [-0.39, 0.29) is 30.6 Å². The third-order valence-electron chi connectivity index (χ3n) is 5.13. The molecule has 128 valence electrons. The summed E-state index contributed by atoms with van der Waals surface area (Å²) in [6, 6.07) is 5.40. The molecule has 1 saturated carbocycles. The summed E-state index contributed by atoms with van der Waals surface area (Å²) in [5.41, 5.74) is 2.06. The highest BCUT2D eigenvalue weighted by Gasteiger charge is 2.54. The lowest BCUT2D eigenvalue weighted by atomic mass is 9.67. The van der Waals surface area contributed by atoms with Crippen molar-refractivity contribution in [2.45, 2.75) is 25.2 Å². The Morgan fingerprint density at radius 3 is 3.21 bits per heavy atom. The van der Waals surface area contributed by atoms with E-state index in [1.807, 2.05) is 0 Å². The molecule has 4 rings (SSSR count). The summed E-state index contributed by atoms with van der Waals surface area (Å²) in [5.74, 6) is 0.982. The minimum absolute atomic E-state index is 0.0930. The van der Waals surface area contributed by atoms with Crippen LogP contribution in [0.2, 0.25) is 0 Å². The maximum absolute atomic E-state index is 12.6. The number of methoxy groups -OCH3 is 1. The van der Waals surface area contributed by atoms with Crippen molar-refractivity contribution < 1.29 is 19.4 Å². The highest BCUT2D eigenvalue weighted by Crippen LogP contribution is 2.43. The van der Waals surface area contributed by atoms with Crippen LogP contribution >= 0.6 is 0 Å². The lowest BCUT2D eigenvalue weighted by molar-refractivity contribution is -0.0809. The number of H-pyrrole nitrogens is 1. The van der Waals surface area contributed by atoms with Gasteiger partial charge in [0.25, 0.3) is 5.91 Å². The monoisotopic (exact) mass is 331 g/mol. The predicted molar refractivity (Wildman–Crippen MR) is 86.5 cm³/mol. The molecule has 1 amide bonds. The molecule has 7 nitrogen and oxygen atoms in total. The average Bonchev–Trinajstić information content (AvgIpc) is 3.20. The van der Waals surface area contributed by atoms with E-state index in [1.54, 1.807) is 25.3 Å². The first kappa shape index (κ1) is 15.6. The smallest absolute Gasteiger partial charge is 0.251 e. The topological polar surface area (TPSA) is 96.5 Å². The quantitative estimate of drug-likeness (QED) is 0.754. The number of nitrogens with zero attached hydrogens (tertiary/aromatic N) is 1. The Bertz CT molecular complexity index is 759. The van der Waals surface area contributed by atoms with Crippen LogP contribution in [0.5, 0.6) is 0 Å². The summed E-state index contributed by atoms with van der Waals surface area (Å²) in [7, 11) is 1.67. The molecule has 0 spiro atoms. The molecule has 3 N–H and O–H groups in total. The van der Waals surface area contributed by atoms with E-state index in [2.05, 4.69) is 15.3 Å². The summed E-state index contributed by atoms with van der Waals surface area (Å²) in [5, 5.41) is 12.3. The van der Waals surface area contributed by atoms with Crippen molar-refractivity contribution in [1.29, 1.82) is 0 Å². The molecule has 1 aliphatic carbocycles. The SMILES string of the molecule is COC[C@@H]1[C@H](NC(=O)c2ccc3nc(CO)[nH]c3c2)[C@@H]2CCO[C@H]12. The zero-order chi connectivity index (χ0) is 16.7. The molecule has 7 heteroatoms. The molecule has 0 radical (unpaired) electrons. The minimum Gasteiger partial charge on any atom is -0.388 e. The normalized spacial score (nSPS) is 28.6. The number of aliphatic hydroxyl groups is 1. The first-order valence-corrected chi connectivity index (χ1v) is 8.22. The Labute approximate surface area is 139 Å². The minimum atomic E-state index is -0.153. The van der Waals surface area contributed by atoms with E-state index in [9.17, 15) is 4.79 Å². The summed E-state index contributed by atoms with van der Waals surface area (Å²) >= 11 is 0. The van der Waals surface area contributed by atoms with Crippen molar-refractivity contribution in [2.75, 3.05) is 20.3 Å². The van der Waals surface area contributed by atoms with Gasteiger partial charge in [0, 0.05) is 37.2 Å². The fraction of sp³-hybridized carbons (Fsp3) is 0.529. The predicted octanol–water partition coefficient (Wildman–Crippen LogP) is 0.835. The number of aliphatic hydroxyl groups excluding tert-OH is 1. The van der Waals surface area contributed by atoms with Gasteiger partial charge in [-0.3, -0.25) is 4.79 Å². The van der Waals surface area contributed by atoms with Crippen molar-refractivity contribution in [1.82, 2.24) is 15.3 Å². The summed E-state index contributed by atoms with van der Waals surface area (Å²) < 4.78 is 11.0. The molecule has 0 bridgehead atoms. The molecular formula is C17H21N3O4. The van der Waals surface area contributed by atoms with Crippen LogP contribution in [0.25, 0.3) is 11.0 Å². The van der Waals surface area contributed by atoms with Crippen molar-refractivity contribution in [3.05, 3.63) is 29.6 Å². The van der Waals surface area contributed by atoms with Crippen LogP contribution < -0.4 is 5.32 Å². The molecule has 2 aromatic rings. The van der Waals surface area contributed by atoms with Crippen molar-refractivity contribution >= 4 is 16.9 Å². The van der Waals surface area contributed by atoms with Crippen LogP contribution in [0, 0.1) is 11.8 Å². The Balaban J connectivity index is 1.51. The van der Waals surface area contributed by atoms with E-state index in [1.165, 1.54) is 0 Å². The van der Waals surface area contributed by atoms with Gasteiger partial charge in [0.05, 0.1) is 23.7 Å². The highest BCUT2D eigenvalue weighted by molar-refractivity contribution is 5.97. The molecule has 4 atom stereocenters. The third kappa shape index (κ3) is 2.49. The molecule has 2 fully saturated rings. The maximum Gasteiger partial charge on any atom is 0.251 e. The first-order chi connectivity index (χ1) is 11.7. The Morgan fingerprint density at radius 2 is 2.42 bits per heavy atom. The lowest BCUT2D eigenvalue weighted by Crippen LogP contribution is -2.62. The highest BCUT2D eigenvalue weighted by atomic mass is 16.5. The fourth-order valence-corrected chi connectivity index (χ4v) is 3.95. The molecule has 1 saturated heterocycles. The Morgan fingerprint density at radius 1 is 1.54 bits per heavy atom. The summed E-state index contributed by atoms with van der Waals surface area (Å²) in [6.45, 7) is 1.19. The van der Waals surface area contributed by atoms with Gasteiger partial charge in [0.1, 0.15) is 12.4 Å².